The lowest BCUT2D eigenvalue weighted by atomic mass is 10.0. The van der Waals surface area contributed by atoms with E-state index in [9.17, 15) is 13.7 Å². The Labute approximate surface area is 201 Å². The van der Waals surface area contributed by atoms with Gasteiger partial charge in [0.2, 0.25) is 10.0 Å². The van der Waals surface area contributed by atoms with Gasteiger partial charge in [0, 0.05) is 70.3 Å². The van der Waals surface area contributed by atoms with E-state index < -0.39 is 10.0 Å². The predicted octanol–water partition coefficient (Wildman–Crippen LogP) is 0.962. The third-order valence-electron chi connectivity index (χ3n) is 7.13. The molecule has 0 amide bonds. The molecule has 3 aliphatic rings. The molecule has 10 heteroatoms. The van der Waals surface area contributed by atoms with Gasteiger partial charge in [-0.15, -0.1) is 0 Å². The number of pyridine rings is 1. The molecule has 3 fully saturated rings. The van der Waals surface area contributed by atoms with Crippen LogP contribution >= 0.6 is 0 Å². The van der Waals surface area contributed by atoms with Crippen LogP contribution in [0.1, 0.15) is 12.5 Å². The van der Waals surface area contributed by atoms with Gasteiger partial charge in [-0.05, 0) is 25.1 Å². The fourth-order valence-electron chi connectivity index (χ4n) is 5.35. The van der Waals surface area contributed by atoms with Crippen LogP contribution in [-0.4, -0.2) is 111 Å². The smallest absolute Gasteiger partial charge is 0.211 e. The predicted molar refractivity (Wildman–Crippen MR) is 131 cm³/mol. The molecule has 2 aromatic rings. The number of anilines is 1. The van der Waals surface area contributed by atoms with Crippen LogP contribution in [0.25, 0.3) is 10.9 Å². The van der Waals surface area contributed by atoms with Gasteiger partial charge in [-0.2, -0.15) is 9.57 Å². The molecule has 0 saturated carbocycles. The molecule has 0 aliphatic carbocycles. The number of likely N-dealkylation sites (tertiary alicyclic amines) is 1. The van der Waals surface area contributed by atoms with Crippen molar-refractivity contribution < 1.29 is 13.2 Å². The van der Waals surface area contributed by atoms with Crippen molar-refractivity contribution in [2.24, 2.45) is 0 Å². The van der Waals surface area contributed by atoms with Crippen LogP contribution in [0.2, 0.25) is 0 Å². The fraction of sp³-hybridized carbons (Fsp3) is 0.583. The van der Waals surface area contributed by atoms with Crippen LogP contribution in [-0.2, 0) is 14.8 Å². The number of aromatic nitrogens is 1. The quantitative estimate of drug-likeness (QED) is 0.620. The third-order valence-corrected chi connectivity index (χ3v) is 8.44. The highest BCUT2D eigenvalue weighted by atomic mass is 32.2. The van der Waals surface area contributed by atoms with Crippen LogP contribution in [0, 0.1) is 11.3 Å². The van der Waals surface area contributed by atoms with Gasteiger partial charge in [0.05, 0.1) is 29.5 Å². The van der Waals surface area contributed by atoms with Gasteiger partial charge in [-0.3, -0.25) is 9.80 Å². The second-order valence-electron chi connectivity index (χ2n) is 9.70. The van der Waals surface area contributed by atoms with E-state index in [-0.39, 0.29) is 12.2 Å². The normalized spacial score (nSPS) is 25.9. The van der Waals surface area contributed by atoms with Gasteiger partial charge < -0.3 is 9.64 Å². The van der Waals surface area contributed by atoms with Crippen molar-refractivity contribution in [1.82, 2.24) is 19.1 Å². The molecule has 3 aliphatic heterocycles. The van der Waals surface area contributed by atoms with Crippen molar-refractivity contribution in [3.63, 3.8) is 0 Å². The molecular formula is C24H32N6O3S. The molecule has 34 heavy (non-hydrogen) atoms. The zero-order valence-electron chi connectivity index (χ0n) is 19.8. The highest BCUT2D eigenvalue weighted by Crippen LogP contribution is 2.25. The Kier molecular flexibility index (Phi) is 6.48. The number of fused-ring (bicyclic) bond motifs is 1. The van der Waals surface area contributed by atoms with E-state index in [0.29, 0.717) is 24.7 Å². The molecule has 0 bridgehead atoms. The number of hydrogen-bond donors (Lipinski definition) is 0. The molecule has 4 heterocycles. The van der Waals surface area contributed by atoms with Gasteiger partial charge in [0.1, 0.15) is 11.9 Å². The van der Waals surface area contributed by atoms with E-state index in [2.05, 4.69) is 27.7 Å². The van der Waals surface area contributed by atoms with E-state index in [1.807, 2.05) is 30.3 Å². The van der Waals surface area contributed by atoms with Crippen LogP contribution in [0.3, 0.4) is 0 Å². The van der Waals surface area contributed by atoms with E-state index in [1.54, 1.807) is 4.31 Å². The van der Waals surface area contributed by atoms with E-state index >= 15 is 0 Å². The zero-order valence-corrected chi connectivity index (χ0v) is 20.6. The second-order valence-corrected chi connectivity index (χ2v) is 11.7. The van der Waals surface area contributed by atoms with Crippen LogP contribution in [0.4, 0.5) is 5.82 Å². The number of nitrogens with zero attached hydrogens (tertiary/aromatic N) is 6. The van der Waals surface area contributed by atoms with E-state index in [4.69, 9.17) is 9.72 Å². The maximum absolute atomic E-state index is 11.7. The van der Waals surface area contributed by atoms with Crippen molar-refractivity contribution in [3.05, 3.63) is 35.9 Å². The Bertz CT molecular complexity index is 1180. The maximum Gasteiger partial charge on any atom is 0.211 e. The molecular weight excluding hydrogens is 452 g/mol. The summed E-state index contributed by atoms with van der Waals surface area (Å²) >= 11 is 0. The summed E-state index contributed by atoms with van der Waals surface area (Å²) in [6, 6.07) is 12.5. The number of para-hydroxylation sites is 1. The van der Waals surface area contributed by atoms with E-state index in [1.165, 1.54) is 6.26 Å². The summed E-state index contributed by atoms with van der Waals surface area (Å²) in [5.41, 5.74) is 1.35. The minimum absolute atomic E-state index is 0.0930. The number of sulfonamides is 1. The first kappa shape index (κ1) is 23.5. The Balaban J connectivity index is 1.17. The first-order valence-corrected chi connectivity index (χ1v) is 13.8. The van der Waals surface area contributed by atoms with Gasteiger partial charge in [-0.25, -0.2) is 13.4 Å². The number of piperazine rings is 1. The van der Waals surface area contributed by atoms with Crippen LogP contribution in [0.5, 0.6) is 0 Å². The SMILES string of the molecule is CC1CN(c2ccc3cccc(C#N)c3n2)CC(CN2CC(N3CCN(S(C)(=O)=O)CC3)C2)O1. The van der Waals surface area contributed by atoms with Crippen LogP contribution in [0.15, 0.2) is 30.3 Å². The Morgan fingerprint density at radius 3 is 2.56 bits per heavy atom. The van der Waals surface area contributed by atoms with Crippen LogP contribution < -0.4 is 4.90 Å². The van der Waals surface area contributed by atoms with Gasteiger partial charge in [-0.1, -0.05) is 12.1 Å². The first-order valence-electron chi connectivity index (χ1n) is 11.9. The summed E-state index contributed by atoms with van der Waals surface area (Å²) in [5.74, 6) is 0.889. The first-order chi connectivity index (χ1) is 16.3. The Hall–Kier alpha value is -2.29. The maximum atomic E-state index is 11.7. The number of rotatable bonds is 5. The topological polar surface area (TPSA) is 93.0 Å². The molecule has 0 spiro atoms. The lowest BCUT2D eigenvalue weighted by Crippen LogP contribution is -2.65. The summed E-state index contributed by atoms with van der Waals surface area (Å²) in [7, 11) is -3.09. The fourth-order valence-corrected chi connectivity index (χ4v) is 6.17. The van der Waals surface area contributed by atoms with Crippen molar-refractivity contribution >= 4 is 26.7 Å². The molecule has 1 aromatic heterocycles. The number of benzene rings is 1. The summed E-state index contributed by atoms with van der Waals surface area (Å²) < 4.78 is 31.3. The second kappa shape index (κ2) is 9.40. The molecule has 0 radical (unpaired) electrons. The van der Waals surface area contributed by atoms with Gasteiger partial charge in [0.15, 0.2) is 0 Å². The molecule has 2 atom stereocenters. The minimum Gasteiger partial charge on any atom is -0.370 e. The summed E-state index contributed by atoms with van der Waals surface area (Å²) in [4.78, 5) is 11.9. The average molecular weight is 485 g/mol. The molecule has 2 unspecified atom stereocenters. The summed E-state index contributed by atoms with van der Waals surface area (Å²) in [6.07, 6.45) is 1.48. The zero-order chi connectivity index (χ0) is 23.9. The Morgan fingerprint density at radius 1 is 1.09 bits per heavy atom. The van der Waals surface area contributed by atoms with E-state index in [0.717, 1.165) is 62.5 Å². The average Bonchev–Trinajstić information content (AvgIpc) is 2.79. The summed E-state index contributed by atoms with van der Waals surface area (Å²) in [5, 5.41) is 10.4. The van der Waals surface area contributed by atoms with Crippen molar-refractivity contribution in [2.45, 2.75) is 25.2 Å². The molecule has 3 saturated heterocycles. The molecule has 0 N–H and O–H groups in total. The molecule has 1 aromatic carbocycles. The lowest BCUT2D eigenvalue weighted by molar-refractivity contribution is -0.0599. The standard InChI is InChI=1S/C24H32N6O3S/c1-18-13-29(23-7-6-19-4-3-5-20(12-25)24(19)26-23)17-22(33-18)16-27-14-21(15-27)28-8-10-30(11-9-28)34(2,31)32/h3-7,18,21-22H,8-11,13-17H2,1-2H3. The highest BCUT2D eigenvalue weighted by molar-refractivity contribution is 7.88. The number of ether oxygens (including phenoxy) is 1. The number of hydrogen-bond acceptors (Lipinski definition) is 8. The van der Waals surface area contributed by atoms with Crippen molar-refractivity contribution in [1.29, 1.82) is 5.26 Å². The largest absolute Gasteiger partial charge is 0.370 e. The number of nitriles is 1. The number of morpholine rings is 1. The Morgan fingerprint density at radius 2 is 1.85 bits per heavy atom. The van der Waals surface area contributed by atoms with Crippen molar-refractivity contribution in [2.75, 3.05) is 70.1 Å². The van der Waals surface area contributed by atoms with Gasteiger partial charge in [0.25, 0.3) is 0 Å². The molecule has 9 nitrogen and oxygen atoms in total. The molecule has 182 valence electrons. The summed E-state index contributed by atoms with van der Waals surface area (Å²) in [6.45, 7) is 9.27. The molecule has 5 rings (SSSR count). The lowest BCUT2D eigenvalue weighted by Gasteiger charge is -2.49. The minimum atomic E-state index is -3.09. The highest BCUT2D eigenvalue weighted by Gasteiger charge is 2.37. The van der Waals surface area contributed by atoms with Gasteiger partial charge >= 0.3 is 0 Å². The van der Waals surface area contributed by atoms with Crippen molar-refractivity contribution in [3.8, 4) is 6.07 Å². The monoisotopic (exact) mass is 484 g/mol. The third kappa shape index (κ3) is 4.90.